The smallest absolute Gasteiger partial charge is 0.232 e. The van der Waals surface area contributed by atoms with Crippen molar-refractivity contribution >= 4 is 5.91 Å². The fraction of sp³-hybridized carbons (Fsp3) is 0.480. The maximum Gasteiger partial charge on any atom is 0.232 e. The highest BCUT2D eigenvalue weighted by atomic mass is 16.5. The average molecular weight is 424 g/mol. The zero-order valence-electron chi connectivity index (χ0n) is 18.1. The molecule has 0 radical (unpaired) electrons. The van der Waals surface area contributed by atoms with Gasteiger partial charge in [0.2, 0.25) is 5.91 Å². The summed E-state index contributed by atoms with van der Waals surface area (Å²) in [6.45, 7) is 8.36. The van der Waals surface area contributed by atoms with Crippen LogP contribution >= 0.6 is 0 Å². The van der Waals surface area contributed by atoms with E-state index in [-0.39, 0.29) is 17.9 Å². The second-order valence-corrected chi connectivity index (χ2v) is 8.29. The third-order valence-electron chi connectivity index (χ3n) is 6.04. The molecule has 6 heteroatoms. The lowest BCUT2D eigenvalue weighted by molar-refractivity contribution is -0.122. The number of amides is 1. The Hall–Kier alpha value is -2.25. The fourth-order valence-corrected chi connectivity index (χ4v) is 4.41. The summed E-state index contributed by atoms with van der Waals surface area (Å²) >= 11 is 0. The third kappa shape index (κ3) is 6.37. The predicted molar refractivity (Wildman–Crippen MR) is 121 cm³/mol. The topological polar surface area (TPSA) is 54.0 Å². The van der Waals surface area contributed by atoms with Crippen molar-refractivity contribution in [1.82, 2.24) is 15.1 Å². The van der Waals surface area contributed by atoms with E-state index in [1.165, 1.54) is 0 Å². The lowest BCUT2D eigenvalue weighted by atomic mass is 9.90. The molecule has 0 aliphatic carbocycles. The van der Waals surface area contributed by atoms with Crippen molar-refractivity contribution in [3.05, 3.63) is 71.8 Å². The molecule has 0 atom stereocenters. The van der Waals surface area contributed by atoms with Crippen molar-refractivity contribution in [2.24, 2.45) is 0 Å². The quantitative estimate of drug-likeness (QED) is 0.704. The first kappa shape index (κ1) is 22.0. The van der Waals surface area contributed by atoms with Crippen molar-refractivity contribution in [2.45, 2.75) is 12.0 Å². The summed E-state index contributed by atoms with van der Waals surface area (Å²) in [4.78, 5) is 18.4. The molecule has 1 amide bonds. The first-order valence-corrected chi connectivity index (χ1v) is 11.3. The van der Waals surface area contributed by atoms with E-state index in [0.717, 1.165) is 76.8 Å². The third-order valence-corrected chi connectivity index (χ3v) is 6.04. The van der Waals surface area contributed by atoms with Gasteiger partial charge in [0.1, 0.15) is 0 Å². The molecule has 2 aromatic carbocycles. The Labute approximate surface area is 185 Å². The second-order valence-electron chi connectivity index (χ2n) is 8.29. The Kier molecular flexibility index (Phi) is 8.07. The molecule has 0 bridgehead atoms. The maximum atomic E-state index is 13.6. The van der Waals surface area contributed by atoms with Gasteiger partial charge in [-0.1, -0.05) is 60.7 Å². The first-order valence-electron chi connectivity index (χ1n) is 11.3. The van der Waals surface area contributed by atoms with E-state index >= 15 is 0 Å². The van der Waals surface area contributed by atoms with Crippen molar-refractivity contribution < 1.29 is 14.3 Å². The van der Waals surface area contributed by atoms with E-state index in [4.69, 9.17) is 9.47 Å². The SMILES string of the molecule is O=C(NC(CN1CCOCC1)CN1CCOCC1)C(c1ccccc1)c1ccccc1. The number of hydrogen-bond acceptors (Lipinski definition) is 5. The number of nitrogens with zero attached hydrogens (tertiary/aromatic N) is 2. The van der Waals surface area contributed by atoms with Gasteiger partial charge in [-0.15, -0.1) is 0 Å². The van der Waals surface area contributed by atoms with Gasteiger partial charge in [0.15, 0.2) is 0 Å². The number of benzene rings is 2. The lowest BCUT2D eigenvalue weighted by Gasteiger charge is -2.35. The van der Waals surface area contributed by atoms with Gasteiger partial charge >= 0.3 is 0 Å². The van der Waals surface area contributed by atoms with Crippen LogP contribution in [0.1, 0.15) is 17.0 Å². The monoisotopic (exact) mass is 423 g/mol. The summed E-state index contributed by atoms with van der Waals surface area (Å²) < 4.78 is 11.0. The predicted octanol–water partition coefficient (Wildman–Crippen LogP) is 1.97. The molecule has 2 fully saturated rings. The highest BCUT2D eigenvalue weighted by molar-refractivity contribution is 5.87. The Morgan fingerprint density at radius 1 is 0.742 bits per heavy atom. The van der Waals surface area contributed by atoms with Gasteiger partial charge in [0.25, 0.3) is 0 Å². The molecule has 0 aromatic heterocycles. The number of hydrogen-bond donors (Lipinski definition) is 1. The Morgan fingerprint density at radius 2 is 1.16 bits per heavy atom. The van der Waals surface area contributed by atoms with Gasteiger partial charge in [-0.3, -0.25) is 14.6 Å². The van der Waals surface area contributed by atoms with Crippen LogP contribution < -0.4 is 5.32 Å². The Bertz CT molecular complexity index is 731. The van der Waals surface area contributed by atoms with Crippen LogP contribution in [0.2, 0.25) is 0 Å². The van der Waals surface area contributed by atoms with E-state index in [2.05, 4.69) is 15.1 Å². The number of carbonyl (C=O) groups excluding carboxylic acids is 1. The lowest BCUT2D eigenvalue weighted by Crippen LogP contribution is -2.54. The molecule has 2 aliphatic rings. The minimum atomic E-state index is -0.320. The molecule has 31 heavy (non-hydrogen) atoms. The van der Waals surface area contributed by atoms with Crippen molar-refractivity contribution in [1.29, 1.82) is 0 Å². The van der Waals surface area contributed by atoms with Gasteiger partial charge < -0.3 is 14.8 Å². The normalized spacial score (nSPS) is 18.4. The molecule has 2 aromatic rings. The Balaban J connectivity index is 1.51. The number of rotatable bonds is 8. The zero-order chi connectivity index (χ0) is 21.3. The molecule has 1 N–H and O–H groups in total. The van der Waals surface area contributed by atoms with E-state index in [1.807, 2.05) is 60.7 Å². The molecule has 0 spiro atoms. The van der Waals surface area contributed by atoms with E-state index in [1.54, 1.807) is 0 Å². The summed E-state index contributed by atoms with van der Waals surface area (Å²) in [6, 6.07) is 20.2. The number of morpholine rings is 2. The average Bonchev–Trinajstić information content (AvgIpc) is 2.82. The van der Waals surface area contributed by atoms with Gasteiger partial charge in [0, 0.05) is 39.3 Å². The van der Waals surface area contributed by atoms with Gasteiger partial charge in [0.05, 0.1) is 38.4 Å². The highest BCUT2D eigenvalue weighted by Gasteiger charge is 2.27. The zero-order valence-corrected chi connectivity index (χ0v) is 18.1. The van der Waals surface area contributed by atoms with Crippen LogP contribution in [0.15, 0.2) is 60.7 Å². The van der Waals surface area contributed by atoms with Crippen LogP contribution in [0, 0.1) is 0 Å². The molecule has 0 saturated carbocycles. The maximum absolute atomic E-state index is 13.6. The summed E-state index contributed by atoms with van der Waals surface area (Å²) in [5, 5.41) is 3.40. The molecule has 2 aliphatic heterocycles. The summed E-state index contributed by atoms with van der Waals surface area (Å²) in [5.41, 5.74) is 2.03. The van der Waals surface area contributed by atoms with Crippen LogP contribution in [-0.2, 0) is 14.3 Å². The largest absolute Gasteiger partial charge is 0.379 e. The molecule has 0 unspecified atom stereocenters. The summed E-state index contributed by atoms with van der Waals surface area (Å²) in [5.74, 6) is -0.261. The summed E-state index contributed by atoms with van der Waals surface area (Å²) in [6.07, 6.45) is 0. The molecule has 166 valence electrons. The number of ether oxygens (including phenoxy) is 2. The van der Waals surface area contributed by atoms with E-state index in [9.17, 15) is 4.79 Å². The van der Waals surface area contributed by atoms with Crippen LogP contribution in [0.3, 0.4) is 0 Å². The standard InChI is InChI=1S/C25H33N3O3/c29-25(24(21-7-3-1-4-8-21)22-9-5-2-6-10-22)26-23(19-27-11-15-30-16-12-27)20-28-13-17-31-18-14-28/h1-10,23-24H,11-20H2,(H,26,29). The summed E-state index contributed by atoms with van der Waals surface area (Å²) in [7, 11) is 0. The van der Waals surface area contributed by atoms with Gasteiger partial charge in [-0.25, -0.2) is 0 Å². The first-order chi connectivity index (χ1) is 15.3. The van der Waals surface area contributed by atoms with Gasteiger partial charge in [-0.05, 0) is 11.1 Å². The molecular formula is C25H33N3O3. The van der Waals surface area contributed by atoms with Crippen LogP contribution in [0.25, 0.3) is 0 Å². The second kappa shape index (κ2) is 11.4. The number of carbonyl (C=O) groups is 1. The van der Waals surface area contributed by atoms with Crippen LogP contribution in [0.5, 0.6) is 0 Å². The number of nitrogens with one attached hydrogen (secondary N) is 1. The fourth-order valence-electron chi connectivity index (χ4n) is 4.41. The highest BCUT2D eigenvalue weighted by Crippen LogP contribution is 2.25. The molecule has 4 rings (SSSR count). The van der Waals surface area contributed by atoms with Gasteiger partial charge in [-0.2, -0.15) is 0 Å². The molecule has 2 saturated heterocycles. The van der Waals surface area contributed by atoms with Crippen molar-refractivity contribution in [3.63, 3.8) is 0 Å². The van der Waals surface area contributed by atoms with Crippen LogP contribution in [-0.4, -0.2) is 87.4 Å². The molecule has 6 nitrogen and oxygen atoms in total. The van der Waals surface area contributed by atoms with Crippen molar-refractivity contribution in [3.8, 4) is 0 Å². The minimum absolute atomic E-state index is 0.0543. The molecule has 2 heterocycles. The molecular weight excluding hydrogens is 390 g/mol. The minimum Gasteiger partial charge on any atom is -0.379 e. The van der Waals surface area contributed by atoms with E-state index in [0.29, 0.717) is 0 Å². The van der Waals surface area contributed by atoms with Crippen molar-refractivity contribution in [2.75, 3.05) is 65.7 Å². The Morgan fingerprint density at radius 3 is 1.58 bits per heavy atom. The van der Waals surface area contributed by atoms with E-state index < -0.39 is 0 Å². The van der Waals surface area contributed by atoms with Crippen LogP contribution in [0.4, 0.5) is 0 Å².